The number of nitrogens with one attached hydrogen (secondary N) is 1. The summed E-state index contributed by atoms with van der Waals surface area (Å²) in [5.41, 5.74) is 6.65. The molecule has 3 nitrogen and oxygen atoms in total. The van der Waals surface area contributed by atoms with E-state index in [4.69, 9.17) is 0 Å². The molecule has 0 bridgehead atoms. The minimum Gasteiger partial charge on any atom is -0.267 e. The fourth-order valence-electron chi connectivity index (χ4n) is 2.91. The molecule has 0 saturated heterocycles. The molecule has 1 aromatic carbocycles. The third-order valence-electron chi connectivity index (χ3n) is 4.07. The van der Waals surface area contributed by atoms with E-state index in [9.17, 15) is 4.79 Å². The van der Waals surface area contributed by atoms with Crippen LogP contribution in [0.4, 0.5) is 0 Å². The van der Waals surface area contributed by atoms with Crippen molar-refractivity contribution in [2.24, 2.45) is 16.9 Å². The molecule has 1 aromatic rings. The SMILES string of the molecule is Cc1ccc(C(=O)N/N=C2/C[C@@H]3CC=C[C@@H]23)c(C)c1. The van der Waals surface area contributed by atoms with Crippen LogP contribution in [0.1, 0.15) is 34.3 Å². The first-order chi connectivity index (χ1) is 9.15. The van der Waals surface area contributed by atoms with Crippen molar-refractivity contribution in [3.8, 4) is 0 Å². The van der Waals surface area contributed by atoms with Gasteiger partial charge in [-0.3, -0.25) is 4.79 Å². The first-order valence-electron chi connectivity index (χ1n) is 6.76. The van der Waals surface area contributed by atoms with E-state index in [1.54, 1.807) is 0 Å². The Bertz CT molecular complexity index is 586. The van der Waals surface area contributed by atoms with Gasteiger partial charge < -0.3 is 0 Å². The van der Waals surface area contributed by atoms with E-state index in [1.807, 2.05) is 32.0 Å². The molecule has 1 fully saturated rings. The molecule has 3 rings (SSSR count). The fraction of sp³-hybridized carbons (Fsp3) is 0.375. The Hall–Kier alpha value is -1.90. The Kier molecular flexibility index (Phi) is 2.97. The summed E-state index contributed by atoms with van der Waals surface area (Å²) in [7, 11) is 0. The normalized spacial score (nSPS) is 26.1. The van der Waals surface area contributed by atoms with E-state index in [0.717, 1.165) is 30.0 Å². The second kappa shape index (κ2) is 4.65. The van der Waals surface area contributed by atoms with Crippen molar-refractivity contribution in [1.82, 2.24) is 5.43 Å². The molecule has 2 atom stereocenters. The number of allylic oxidation sites excluding steroid dienone is 2. The third-order valence-corrected chi connectivity index (χ3v) is 4.07. The number of carbonyl (C=O) groups is 1. The summed E-state index contributed by atoms with van der Waals surface area (Å²) in [6.45, 7) is 3.98. The van der Waals surface area contributed by atoms with E-state index in [1.165, 1.54) is 5.56 Å². The van der Waals surface area contributed by atoms with E-state index >= 15 is 0 Å². The predicted molar refractivity (Wildman–Crippen MR) is 76.2 cm³/mol. The molecule has 0 heterocycles. The van der Waals surface area contributed by atoms with Crippen LogP contribution in [0.15, 0.2) is 35.5 Å². The topological polar surface area (TPSA) is 41.5 Å². The molecule has 2 aliphatic rings. The van der Waals surface area contributed by atoms with Gasteiger partial charge in [0.15, 0.2) is 0 Å². The summed E-state index contributed by atoms with van der Waals surface area (Å²) in [6.07, 6.45) is 6.60. The van der Waals surface area contributed by atoms with Gasteiger partial charge in [0.2, 0.25) is 0 Å². The number of nitrogens with zero attached hydrogens (tertiary/aromatic N) is 1. The van der Waals surface area contributed by atoms with Gasteiger partial charge in [0.05, 0.1) is 0 Å². The zero-order valence-electron chi connectivity index (χ0n) is 11.3. The van der Waals surface area contributed by atoms with Crippen LogP contribution in [0, 0.1) is 25.7 Å². The Morgan fingerprint density at radius 2 is 2.21 bits per heavy atom. The summed E-state index contributed by atoms with van der Waals surface area (Å²) in [4.78, 5) is 12.1. The zero-order valence-corrected chi connectivity index (χ0v) is 11.3. The second-order valence-corrected chi connectivity index (χ2v) is 5.52. The minimum absolute atomic E-state index is 0.115. The van der Waals surface area contributed by atoms with Gasteiger partial charge in [-0.25, -0.2) is 5.43 Å². The molecule has 1 N–H and O–H groups in total. The summed E-state index contributed by atoms with van der Waals surface area (Å²) in [6, 6.07) is 5.83. The van der Waals surface area contributed by atoms with E-state index in [0.29, 0.717) is 11.5 Å². The molecule has 98 valence electrons. The maximum Gasteiger partial charge on any atom is 0.271 e. The highest BCUT2D eigenvalue weighted by Gasteiger charge is 2.37. The van der Waals surface area contributed by atoms with E-state index in [-0.39, 0.29) is 5.91 Å². The van der Waals surface area contributed by atoms with Gasteiger partial charge in [0.25, 0.3) is 5.91 Å². The lowest BCUT2D eigenvalue weighted by Gasteiger charge is -2.31. The summed E-state index contributed by atoms with van der Waals surface area (Å²) in [5, 5.41) is 4.28. The number of amides is 1. The lowest BCUT2D eigenvalue weighted by molar-refractivity contribution is 0.0953. The molecular formula is C16H18N2O. The van der Waals surface area contributed by atoms with Gasteiger partial charge in [-0.05, 0) is 44.2 Å². The van der Waals surface area contributed by atoms with Gasteiger partial charge in [-0.15, -0.1) is 0 Å². The van der Waals surface area contributed by atoms with Crippen LogP contribution in [-0.2, 0) is 0 Å². The van der Waals surface area contributed by atoms with Crippen LogP contribution < -0.4 is 5.43 Å². The summed E-state index contributed by atoms with van der Waals surface area (Å²) < 4.78 is 0. The van der Waals surface area contributed by atoms with Gasteiger partial charge in [-0.2, -0.15) is 5.10 Å². The molecular weight excluding hydrogens is 236 g/mol. The van der Waals surface area contributed by atoms with Crippen LogP contribution >= 0.6 is 0 Å². The van der Waals surface area contributed by atoms with Gasteiger partial charge in [0.1, 0.15) is 0 Å². The molecule has 19 heavy (non-hydrogen) atoms. The van der Waals surface area contributed by atoms with Crippen molar-refractivity contribution >= 4 is 11.6 Å². The van der Waals surface area contributed by atoms with Crippen LogP contribution in [0.3, 0.4) is 0 Å². The van der Waals surface area contributed by atoms with Crippen molar-refractivity contribution in [3.05, 3.63) is 47.0 Å². The Labute approximate surface area is 113 Å². The van der Waals surface area contributed by atoms with Crippen molar-refractivity contribution in [1.29, 1.82) is 0 Å². The number of hydrogen-bond donors (Lipinski definition) is 1. The molecule has 1 amide bonds. The number of hydrazone groups is 1. The summed E-state index contributed by atoms with van der Waals surface area (Å²) >= 11 is 0. The first-order valence-corrected chi connectivity index (χ1v) is 6.76. The van der Waals surface area contributed by atoms with Crippen LogP contribution in [-0.4, -0.2) is 11.6 Å². The zero-order chi connectivity index (χ0) is 13.4. The van der Waals surface area contributed by atoms with E-state index < -0.39 is 0 Å². The third kappa shape index (κ3) is 2.21. The maximum atomic E-state index is 12.1. The predicted octanol–water partition coefficient (Wildman–Crippen LogP) is 2.99. The molecule has 0 aromatic heterocycles. The van der Waals surface area contributed by atoms with Crippen molar-refractivity contribution in [2.45, 2.75) is 26.7 Å². The molecule has 3 heteroatoms. The largest absolute Gasteiger partial charge is 0.271 e. The fourth-order valence-corrected chi connectivity index (χ4v) is 2.91. The standard InChI is InChI=1S/C16H18N2O/c1-10-6-7-13(11(2)8-10)16(19)18-17-15-9-12-4-3-5-14(12)15/h3,5-8,12,14H,4,9H2,1-2H3,(H,18,19)/b17-15-/t12-,14+/m0/s1. The number of hydrogen-bond acceptors (Lipinski definition) is 2. The van der Waals surface area contributed by atoms with Crippen LogP contribution in [0.25, 0.3) is 0 Å². The van der Waals surface area contributed by atoms with Crippen molar-refractivity contribution < 1.29 is 4.79 Å². The molecule has 0 aliphatic heterocycles. The number of carbonyl (C=O) groups excluding carboxylic acids is 1. The average molecular weight is 254 g/mol. The van der Waals surface area contributed by atoms with Gasteiger partial charge in [0, 0.05) is 17.2 Å². The molecule has 0 radical (unpaired) electrons. The molecule has 2 aliphatic carbocycles. The van der Waals surface area contributed by atoms with E-state index in [2.05, 4.69) is 22.7 Å². The van der Waals surface area contributed by atoms with Crippen molar-refractivity contribution in [2.75, 3.05) is 0 Å². The number of fused-ring (bicyclic) bond motifs is 1. The van der Waals surface area contributed by atoms with Gasteiger partial charge >= 0.3 is 0 Å². The molecule has 0 spiro atoms. The van der Waals surface area contributed by atoms with Crippen molar-refractivity contribution in [3.63, 3.8) is 0 Å². The maximum absolute atomic E-state index is 12.1. The Balaban J connectivity index is 1.69. The smallest absolute Gasteiger partial charge is 0.267 e. The minimum atomic E-state index is -0.115. The van der Waals surface area contributed by atoms with Crippen LogP contribution in [0.2, 0.25) is 0 Å². The number of aryl methyl sites for hydroxylation is 2. The molecule has 0 unspecified atom stereocenters. The molecule has 1 saturated carbocycles. The number of benzene rings is 1. The average Bonchev–Trinajstić information content (AvgIpc) is 2.71. The van der Waals surface area contributed by atoms with Crippen LogP contribution in [0.5, 0.6) is 0 Å². The summed E-state index contributed by atoms with van der Waals surface area (Å²) in [5.74, 6) is 1.09. The highest BCUT2D eigenvalue weighted by Crippen LogP contribution is 2.40. The lowest BCUT2D eigenvalue weighted by Crippen LogP contribution is -2.35. The Morgan fingerprint density at radius 3 is 2.95 bits per heavy atom. The second-order valence-electron chi connectivity index (χ2n) is 5.52. The quantitative estimate of drug-likeness (QED) is 0.639. The lowest BCUT2D eigenvalue weighted by atomic mass is 9.74. The monoisotopic (exact) mass is 254 g/mol. The van der Waals surface area contributed by atoms with Gasteiger partial charge in [-0.1, -0.05) is 29.8 Å². The first kappa shape index (κ1) is 12.2. The highest BCUT2D eigenvalue weighted by molar-refractivity contribution is 5.99. The highest BCUT2D eigenvalue weighted by atomic mass is 16.2. The number of rotatable bonds is 2. The Morgan fingerprint density at radius 1 is 1.37 bits per heavy atom.